The van der Waals surface area contributed by atoms with Gasteiger partial charge >= 0.3 is 0 Å². The molecule has 0 aliphatic carbocycles. The summed E-state index contributed by atoms with van der Waals surface area (Å²) in [5.74, 6) is 0. The maximum atomic E-state index is 4.63. The zero-order chi connectivity index (χ0) is 16.8. The Bertz CT molecular complexity index is 377. The van der Waals surface area contributed by atoms with Crippen LogP contribution in [0.1, 0.15) is 107 Å². The molecule has 1 heteroatoms. The van der Waals surface area contributed by atoms with E-state index in [1.165, 1.54) is 94.7 Å². The van der Waals surface area contributed by atoms with Crippen molar-refractivity contribution >= 4 is 0 Å². The van der Waals surface area contributed by atoms with Gasteiger partial charge in [0.1, 0.15) is 0 Å². The van der Waals surface area contributed by atoms with Crippen LogP contribution < -0.4 is 0 Å². The average Bonchev–Trinajstić information content (AvgIpc) is 2.51. The number of rotatable bonds is 14. The van der Waals surface area contributed by atoms with E-state index in [1.54, 1.807) is 0 Å². The molecule has 0 saturated heterocycles. The highest BCUT2D eigenvalue weighted by Gasteiger charge is 1.98. The molecule has 0 N–H and O–H groups in total. The SMILES string of the molecule is CCCCCCCCCCCCCCCc1cc(C)cc(C)n1. The Hall–Kier alpha value is -0.850. The van der Waals surface area contributed by atoms with Gasteiger partial charge in [-0.05, 0) is 44.4 Å². The summed E-state index contributed by atoms with van der Waals surface area (Å²) in [4.78, 5) is 4.63. The first-order chi connectivity index (χ1) is 11.2. The molecule has 0 radical (unpaired) electrons. The summed E-state index contributed by atoms with van der Waals surface area (Å²) in [6.45, 7) is 6.56. The van der Waals surface area contributed by atoms with Gasteiger partial charge in [-0.1, -0.05) is 84.0 Å². The summed E-state index contributed by atoms with van der Waals surface area (Å²) >= 11 is 0. The summed E-state index contributed by atoms with van der Waals surface area (Å²) in [5, 5.41) is 0. The van der Waals surface area contributed by atoms with Crippen LogP contribution in [0.25, 0.3) is 0 Å². The second-order valence-corrected chi connectivity index (χ2v) is 7.27. The predicted octanol–water partition coefficient (Wildman–Crippen LogP) is 7.33. The Morgan fingerprint density at radius 1 is 0.652 bits per heavy atom. The molecule has 0 aliphatic rings. The zero-order valence-electron chi connectivity index (χ0n) is 16.0. The van der Waals surface area contributed by atoms with Crippen LogP contribution in [0.5, 0.6) is 0 Å². The van der Waals surface area contributed by atoms with E-state index < -0.39 is 0 Å². The molecule has 0 aliphatic heterocycles. The highest BCUT2D eigenvalue weighted by Crippen LogP contribution is 2.13. The van der Waals surface area contributed by atoms with Crippen molar-refractivity contribution in [2.75, 3.05) is 0 Å². The van der Waals surface area contributed by atoms with Crippen LogP contribution in [-0.4, -0.2) is 4.98 Å². The number of aromatic nitrogens is 1. The number of pyridine rings is 1. The van der Waals surface area contributed by atoms with Gasteiger partial charge in [0.2, 0.25) is 0 Å². The van der Waals surface area contributed by atoms with E-state index in [1.807, 2.05) is 0 Å². The summed E-state index contributed by atoms with van der Waals surface area (Å²) in [6, 6.07) is 4.40. The number of hydrogen-bond acceptors (Lipinski definition) is 1. The number of aryl methyl sites for hydroxylation is 3. The quantitative estimate of drug-likeness (QED) is 0.327. The van der Waals surface area contributed by atoms with Gasteiger partial charge in [0, 0.05) is 11.4 Å². The molecule has 132 valence electrons. The Kier molecular flexibility index (Phi) is 11.9. The van der Waals surface area contributed by atoms with E-state index in [4.69, 9.17) is 0 Å². The van der Waals surface area contributed by atoms with E-state index >= 15 is 0 Å². The molecule has 1 rings (SSSR count). The van der Waals surface area contributed by atoms with Crippen LogP contribution in [0.15, 0.2) is 12.1 Å². The largest absolute Gasteiger partial charge is 0.258 e. The summed E-state index contributed by atoms with van der Waals surface area (Å²) in [6.07, 6.45) is 19.6. The molecule has 1 aromatic rings. The van der Waals surface area contributed by atoms with Gasteiger partial charge in [-0.2, -0.15) is 0 Å². The van der Waals surface area contributed by atoms with Crippen molar-refractivity contribution in [1.82, 2.24) is 4.98 Å². The molecule has 1 aromatic heterocycles. The first kappa shape index (κ1) is 20.2. The van der Waals surface area contributed by atoms with Crippen molar-refractivity contribution < 1.29 is 0 Å². The highest BCUT2D eigenvalue weighted by atomic mass is 14.7. The smallest absolute Gasteiger partial charge is 0.0409 e. The Balaban J connectivity index is 1.86. The van der Waals surface area contributed by atoms with E-state index in [0.717, 1.165) is 12.1 Å². The molecular weight excluding hydrogens is 278 g/mol. The Labute approximate surface area is 145 Å². The molecule has 0 atom stereocenters. The lowest BCUT2D eigenvalue weighted by molar-refractivity contribution is 0.539. The molecule has 1 nitrogen and oxygen atoms in total. The van der Waals surface area contributed by atoms with Gasteiger partial charge < -0.3 is 0 Å². The van der Waals surface area contributed by atoms with Crippen LogP contribution >= 0.6 is 0 Å². The van der Waals surface area contributed by atoms with Crippen molar-refractivity contribution in [3.63, 3.8) is 0 Å². The lowest BCUT2D eigenvalue weighted by atomic mass is 10.0. The second kappa shape index (κ2) is 13.6. The maximum absolute atomic E-state index is 4.63. The molecule has 23 heavy (non-hydrogen) atoms. The molecular formula is C22H39N. The minimum Gasteiger partial charge on any atom is -0.258 e. The molecule has 0 saturated carbocycles. The van der Waals surface area contributed by atoms with Gasteiger partial charge in [0.05, 0.1) is 0 Å². The van der Waals surface area contributed by atoms with Crippen molar-refractivity contribution in [3.8, 4) is 0 Å². The van der Waals surface area contributed by atoms with Crippen molar-refractivity contribution in [2.45, 2.75) is 111 Å². The van der Waals surface area contributed by atoms with E-state index in [0.29, 0.717) is 0 Å². The average molecular weight is 318 g/mol. The van der Waals surface area contributed by atoms with Gasteiger partial charge in [-0.3, -0.25) is 4.98 Å². The zero-order valence-corrected chi connectivity index (χ0v) is 16.0. The van der Waals surface area contributed by atoms with Gasteiger partial charge in [-0.25, -0.2) is 0 Å². The molecule has 1 heterocycles. The summed E-state index contributed by atoms with van der Waals surface area (Å²) in [7, 11) is 0. The monoisotopic (exact) mass is 317 g/mol. The lowest BCUT2D eigenvalue weighted by Crippen LogP contribution is -1.94. The maximum Gasteiger partial charge on any atom is 0.0409 e. The predicted molar refractivity (Wildman–Crippen MR) is 103 cm³/mol. The topological polar surface area (TPSA) is 12.9 Å². The third kappa shape index (κ3) is 11.3. The fraction of sp³-hybridized carbons (Fsp3) is 0.773. The van der Waals surface area contributed by atoms with Crippen LogP contribution in [0.3, 0.4) is 0 Å². The van der Waals surface area contributed by atoms with Crippen molar-refractivity contribution in [1.29, 1.82) is 0 Å². The Morgan fingerprint density at radius 2 is 1.13 bits per heavy atom. The molecule has 0 spiro atoms. The van der Waals surface area contributed by atoms with Gasteiger partial charge in [0.15, 0.2) is 0 Å². The number of nitrogens with zero attached hydrogens (tertiary/aromatic N) is 1. The van der Waals surface area contributed by atoms with Crippen molar-refractivity contribution in [2.24, 2.45) is 0 Å². The van der Waals surface area contributed by atoms with E-state index in [9.17, 15) is 0 Å². The van der Waals surface area contributed by atoms with Crippen molar-refractivity contribution in [3.05, 3.63) is 29.1 Å². The summed E-state index contributed by atoms with van der Waals surface area (Å²) < 4.78 is 0. The standard InChI is InChI=1S/C22H39N/c1-4-5-6-7-8-9-10-11-12-13-14-15-16-17-22-19-20(2)18-21(3)23-22/h18-19H,4-17H2,1-3H3. The van der Waals surface area contributed by atoms with E-state index in [-0.39, 0.29) is 0 Å². The fourth-order valence-electron chi connectivity index (χ4n) is 3.38. The number of unbranched alkanes of at least 4 members (excludes halogenated alkanes) is 12. The first-order valence-corrected chi connectivity index (χ1v) is 10.2. The molecule has 0 unspecified atom stereocenters. The van der Waals surface area contributed by atoms with Crippen LogP contribution in [0.4, 0.5) is 0 Å². The fourth-order valence-corrected chi connectivity index (χ4v) is 3.38. The molecule has 0 amide bonds. The number of hydrogen-bond donors (Lipinski definition) is 0. The second-order valence-electron chi connectivity index (χ2n) is 7.27. The Morgan fingerprint density at radius 3 is 1.61 bits per heavy atom. The summed E-state index contributed by atoms with van der Waals surface area (Å²) in [5.41, 5.74) is 3.79. The minimum absolute atomic E-state index is 1.15. The van der Waals surface area contributed by atoms with Gasteiger partial charge in [0.25, 0.3) is 0 Å². The third-order valence-electron chi connectivity index (χ3n) is 4.69. The van der Waals surface area contributed by atoms with E-state index in [2.05, 4.69) is 37.9 Å². The minimum atomic E-state index is 1.15. The lowest BCUT2D eigenvalue weighted by Gasteiger charge is -2.05. The molecule has 0 aromatic carbocycles. The van der Waals surface area contributed by atoms with Crippen LogP contribution in [0, 0.1) is 13.8 Å². The molecule has 0 fully saturated rings. The normalized spacial score (nSPS) is 11.1. The third-order valence-corrected chi connectivity index (χ3v) is 4.69. The first-order valence-electron chi connectivity index (χ1n) is 10.2. The van der Waals surface area contributed by atoms with Crippen LogP contribution in [-0.2, 0) is 6.42 Å². The highest BCUT2D eigenvalue weighted by molar-refractivity contribution is 5.19. The van der Waals surface area contributed by atoms with Gasteiger partial charge in [-0.15, -0.1) is 0 Å². The van der Waals surface area contributed by atoms with Crippen LogP contribution in [0.2, 0.25) is 0 Å². The molecule has 0 bridgehead atoms.